The fourth-order valence-electron chi connectivity index (χ4n) is 11.0. The maximum atomic E-state index is 10.2. The second-order valence-corrected chi connectivity index (χ2v) is 17.5. The number of para-hydroxylation sites is 5. The smallest absolute Gasteiger partial charge is 0.137 e. The molecule has 0 spiro atoms. The summed E-state index contributed by atoms with van der Waals surface area (Å²) in [6.07, 6.45) is 0. The van der Waals surface area contributed by atoms with Gasteiger partial charge in [0.25, 0.3) is 0 Å². The average Bonchev–Trinajstić information content (AvgIpc) is 4.14. The maximum Gasteiger partial charge on any atom is 0.137 e. The summed E-state index contributed by atoms with van der Waals surface area (Å²) in [5.74, 6) is 0. The average molecular weight is 866 g/mol. The summed E-state index contributed by atoms with van der Waals surface area (Å²) in [5, 5.41) is 29.7. The van der Waals surface area contributed by atoms with Gasteiger partial charge in [-0.15, -0.1) is 0 Å². The number of furan rings is 1. The van der Waals surface area contributed by atoms with Crippen molar-refractivity contribution >= 4 is 87.4 Å². The Morgan fingerprint density at radius 2 is 0.912 bits per heavy atom. The zero-order chi connectivity index (χ0) is 45.0. The lowest BCUT2D eigenvalue weighted by atomic mass is 9.92. The topological polar surface area (TPSA) is 75.5 Å². The van der Waals surface area contributed by atoms with E-state index in [9.17, 15) is 10.5 Å². The van der Waals surface area contributed by atoms with Crippen LogP contribution in [0.1, 0.15) is 11.1 Å². The van der Waals surface area contributed by atoms with Gasteiger partial charge in [0.15, 0.2) is 0 Å². The van der Waals surface area contributed by atoms with E-state index in [4.69, 9.17) is 4.42 Å². The van der Waals surface area contributed by atoms with E-state index in [1.807, 2.05) is 24.3 Å². The largest absolute Gasteiger partial charge is 0.456 e. The van der Waals surface area contributed by atoms with E-state index < -0.39 is 0 Å². The standard InChI is InChI=1S/C62H35N5O/c63-36-40-16-13-17-41(37-64)60(40)39-15-12-14-38(30-39)42-31-44(33-45(32-42)66-53-24-8-5-21-47(53)51-34-52-48-22-7-11-27-58(48)68-59(52)35-57(51)66)65-55-26-10-6-23-50(55)61-56(65)29-28-49-46-20-4-9-25-54(46)67(62(49)61)43-18-2-1-3-19-43/h1-35H. The number of hydrogen-bond donors (Lipinski definition) is 0. The lowest BCUT2D eigenvalue weighted by Gasteiger charge is -2.17. The van der Waals surface area contributed by atoms with Crippen molar-refractivity contribution < 1.29 is 4.42 Å². The molecule has 10 aromatic carbocycles. The van der Waals surface area contributed by atoms with Crippen LogP contribution in [0.5, 0.6) is 0 Å². The van der Waals surface area contributed by atoms with Crippen LogP contribution in [0.2, 0.25) is 0 Å². The summed E-state index contributed by atoms with van der Waals surface area (Å²) in [6.45, 7) is 0. The third-order valence-electron chi connectivity index (χ3n) is 13.9. The molecule has 0 aliphatic carbocycles. The van der Waals surface area contributed by atoms with Gasteiger partial charge in [0.1, 0.15) is 11.2 Å². The Labute approximate surface area is 389 Å². The molecule has 6 nitrogen and oxygen atoms in total. The van der Waals surface area contributed by atoms with Crippen molar-refractivity contribution in [3.05, 3.63) is 223 Å². The van der Waals surface area contributed by atoms with Crippen LogP contribution in [0.4, 0.5) is 0 Å². The summed E-state index contributed by atoms with van der Waals surface area (Å²) in [4.78, 5) is 0. The van der Waals surface area contributed by atoms with Crippen LogP contribution in [0, 0.1) is 22.7 Å². The minimum atomic E-state index is 0.460. The molecule has 0 aliphatic rings. The molecule has 0 unspecified atom stereocenters. The molecule has 0 atom stereocenters. The van der Waals surface area contributed by atoms with Crippen molar-refractivity contribution in [1.29, 1.82) is 10.5 Å². The molecule has 0 saturated heterocycles. The molecular weight excluding hydrogens is 831 g/mol. The minimum Gasteiger partial charge on any atom is -0.456 e. The quantitative estimate of drug-likeness (QED) is 0.173. The second-order valence-electron chi connectivity index (χ2n) is 17.5. The zero-order valence-electron chi connectivity index (χ0n) is 36.4. The first-order valence-electron chi connectivity index (χ1n) is 22.7. The van der Waals surface area contributed by atoms with Gasteiger partial charge in [-0.25, -0.2) is 0 Å². The molecule has 6 heteroatoms. The Morgan fingerprint density at radius 1 is 0.324 bits per heavy atom. The van der Waals surface area contributed by atoms with Crippen LogP contribution < -0.4 is 0 Å². The van der Waals surface area contributed by atoms with Crippen LogP contribution in [-0.4, -0.2) is 13.7 Å². The van der Waals surface area contributed by atoms with Gasteiger partial charge in [-0.2, -0.15) is 10.5 Å². The number of fused-ring (bicyclic) bond motifs is 13. The summed E-state index contributed by atoms with van der Waals surface area (Å²) >= 11 is 0. The predicted molar refractivity (Wildman–Crippen MR) is 277 cm³/mol. The number of nitrogens with zero attached hydrogens (tertiary/aromatic N) is 5. The molecule has 0 amide bonds. The Bertz CT molecular complexity index is 4500. The van der Waals surface area contributed by atoms with Crippen molar-refractivity contribution in [2.75, 3.05) is 0 Å². The molecule has 68 heavy (non-hydrogen) atoms. The number of nitriles is 2. The van der Waals surface area contributed by atoms with Gasteiger partial charge in [0.05, 0.1) is 56.4 Å². The third-order valence-corrected chi connectivity index (χ3v) is 13.9. The van der Waals surface area contributed by atoms with Crippen LogP contribution >= 0.6 is 0 Å². The first-order chi connectivity index (χ1) is 33.6. The van der Waals surface area contributed by atoms with E-state index in [0.29, 0.717) is 16.7 Å². The number of hydrogen-bond acceptors (Lipinski definition) is 3. The van der Waals surface area contributed by atoms with Crippen molar-refractivity contribution in [1.82, 2.24) is 13.7 Å². The first kappa shape index (κ1) is 37.7. The molecule has 0 N–H and O–H groups in total. The highest BCUT2D eigenvalue weighted by atomic mass is 16.3. The van der Waals surface area contributed by atoms with Gasteiger partial charge in [0, 0.05) is 71.8 Å². The molecular formula is C62H35N5O. The Morgan fingerprint density at radius 3 is 1.65 bits per heavy atom. The highest BCUT2D eigenvalue weighted by Gasteiger charge is 2.23. The summed E-state index contributed by atoms with van der Waals surface area (Å²) in [7, 11) is 0. The van der Waals surface area contributed by atoms with Crippen molar-refractivity contribution in [3.63, 3.8) is 0 Å². The van der Waals surface area contributed by atoms with Gasteiger partial charge >= 0.3 is 0 Å². The van der Waals surface area contributed by atoms with E-state index in [-0.39, 0.29) is 0 Å². The van der Waals surface area contributed by atoms with Crippen LogP contribution in [0.15, 0.2) is 217 Å². The van der Waals surface area contributed by atoms with Gasteiger partial charge < -0.3 is 18.1 Å². The van der Waals surface area contributed by atoms with E-state index in [1.54, 1.807) is 18.2 Å². The van der Waals surface area contributed by atoms with E-state index in [1.165, 1.54) is 16.2 Å². The number of rotatable bonds is 5. The summed E-state index contributed by atoms with van der Waals surface area (Å²) < 4.78 is 13.7. The molecule has 0 radical (unpaired) electrons. The normalized spacial score (nSPS) is 11.8. The second kappa shape index (κ2) is 14.4. The Hall–Kier alpha value is -9.62. The fourth-order valence-corrected chi connectivity index (χ4v) is 11.0. The van der Waals surface area contributed by atoms with Crippen molar-refractivity contribution in [3.8, 4) is 51.5 Å². The number of benzene rings is 10. The molecule has 14 aromatic rings. The minimum absolute atomic E-state index is 0.460. The molecule has 0 fully saturated rings. The first-order valence-corrected chi connectivity index (χ1v) is 22.7. The van der Waals surface area contributed by atoms with Gasteiger partial charge in [-0.3, -0.25) is 0 Å². The van der Waals surface area contributed by atoms with E-state index in [2.05, 4.69) is 196 Å². The predicted octanol–water partition coefficient (Wildman–Crippen LogP) is 16.0. The van der Waals surface area contributed by atoms with Crippen molar-refractivity contribution in [2.45, 2.75) is 0 Å². The molecule has 314 valence electrons. The monoisotopic (exact) mass is 865 g/mol. The highest BCUT2D eigenvalue weighted by molar-refractivity contribution is 6.26. The summed E-state index contributed by atoms with van der Waals surface area (Å²) in [6, 6.07) is 79.1. The third kappa shape index (κ3) is 5.37. The highest BCUT2D eigenvalue weighted by Crippen LogP contribution is 2.44. The molecule has 0 aliphatic heterocycles. The van der Waals surface area contributed by atoms with Crippen molar-refractivity contribution in [2.24, 2.45) is 0 Å². The Kier molecular flexibility index (Phi) is 8.01. The van der Waals surface area contributed by atoms with Gasteiger partial charge in [-0.1, -0.05) is 121 Å². The van der Waals surface area contributed by atoms with Gasteiger partial charge in [0.2, 0.25) is 0 Å². The van der Waals surface area contributed by atoms with Crippen LogP contribution in [0.25, 0.3) is 127 Å². The fraction of sp³-hybridized carbons (Fsp3) is 0. The van der Waals surface area contributed by atoms with E-state index >= 15 is 0 Å². The molecule has 4 aromatic heterocycles. The number of aromatic nitrogens is 3. The van der Waals surface area contributed by atoms with Gasteiger partial charge in [-0.05, 0) is 102 Å². The summed E-state index contributed by atoms with van der Waals surface area (Å²) in [5.41, 5.74) is 15.7. The Balaban J connectivity index is 1.10. The molecule has 14 rings (SSSR count). The maximum absolute atomic E-state index is 10.2. The lowest BCUT2D eigenvalue weighted by Crippen LogP contribution is -2.00. The molecule has 4 heterocycles. The SMILES string of the molecule is N#Cc1cccc(C#N)c1-c1cccc(-c2cc(-n3c4ccccc4c4cc5c(cc43)oc3ccccc35)cc(-n3c4ccccc4c4c3ccc3c5ccccc5n(-c5ccccc5)c34)c2)c1. The molecule has 0 bridgehead atoms. The lowest BCUT2D eigenvalue weighted by molar-refractivity contribution is 0.669. The molecule has 0 saturated carbocycles. The zero-order valence-corrected chi connectivity index (χ0v) is 36.4. The van der Waals surface area contributed by atoms with Crippen LogP contribution in [0.3, 0.4) is 0 Å². The van der Waals surface area contributed by atoms with E-state index in [0.717, 1.165) is 105 Å². The van der Waals surface area contributed by atoms with Crippen LogP contribution in [-0.2, 0) is 0 Å².